The van der Waals surface area contributed by atoms with Gasteiger partial charge in [0.15, 0.2) is 0 Å². The van der Waals surface area contributed by atoms with E-state index in [1.54, 1.807) is 24.0 Å². The predicted octanol–water partition coefficient (Wildman–Crippen LogP) is 2.47. The van der Waals surface area contributed by atoms with Gasteiger partial charge in [0, 0.05) is 24.7 Å². The minimum Gasteiger partial charge on any atom is -0.493 e. The van der Waals surface area contributed by atoms with E-state index in [-0.39, 0.29) is 5.91 Å². The van der Waals surface area contributed by atoms with Gasteiger partial charge in [0.05, 0.1) is 12.2 Å². The van der Waals surface area contributed by atoms with Crippen LogP contribution in [0.4, 0.5) is 0 Å². The van der Waals surface area contributed by atoms with Gasteiger partial charge in [-0.15, -0.1) is 0 Å². The van der Waals surface area contributed by atoms with Crippen LogP contribution in [0.2, 0.25) is 0 Å². The van der Waals surface area contributed by atoms with Gasteiger partial charge in [0.1, 0.15) is 5.75 Å². The highest BCUT2D eigenvalue weighted by atomic mass is 16.5. The molecule has 2 rings (SSSR count). The SMILES string of the molecule is CCOc1ccccc1/C=C/C(=O)N1CCCC(C)(O)C1. The number of para-hydroxylation sites is 1. The van der Waals surface area contributed by atoms with Gasteiger partial charge in [0.25, 0.3) is 0 Å². The standard InChI is InChI=1S/C17H23NO3/c1-3-21-15-8-5-4-7-14(15)9-10-16(19)18-12-6-11-17(2,20)13-18/h4-5,7-10,20H,3,6,11-13H2,1-2H3/b10-9+. The summed E-state index contributed by atoms with van der Waals surface area (Å²) < 4.78 is 5.53. The van der Waals surface area contributed by atoms with Crippen LogP contribution in [0.15, 0.2) is 30.3 Å². The molecule has 1 aliphatic heterocycles. The predicted molar refractivity (Wildman–Crippen MR) is 83.1 cm³/mol. The van der Waals surface area contributed by atoms with Gasteiger partial charge in [-0.05, 0) is 38.8 Å². The van der Waals surface area contributed by atoms with E-state index in [2.05, 4.69) is 0 Å². The molecule has 1 heterocycles. The number of hydrogen-bond acceptors (Lipinski definition) is 3. The van der Waals surface area contributed by atoms with E-state index in [4.69, 9.17) is 4.74 Å². The maximum Gasteiger partial charge on any atom is 0.246 e. The zero-order valence-corrected chi connectivity index (χ0v) is 12.7. The lowest BCUT2D eigenvalue weighted by molar-refractivity contribution is -0.132. The summed E-state index contributed by atoms with van der Waals surface area (Å²) in [7, 11) is 0. The van der Waals surface area contributed by atoms with Gasteiger partial charge in [-0.3, -0.25) is 4.79 Å². The first-order chi connectivity index (χ1) is 10.0. The van der Waals surface area contributed by atoms with Gasteiger partial charge in [-0.25, -0.2) is 0 Å². The largest absolute Gasteiger partial charge is 0.493 e. The third kappa shape index (κ3) is 4.33. The summed E-state index contributed by atoms with van der Waals surface area (Å²) in [5.41, 5.74) is 0.113. The number of carbonyl (C=O) groups excluding carboxylic acids is 1. The number of rotatable bonds is 4. The summed E-state index contributed by atoms with van der Waals surface area (Å²) in [6.45, 7) is 5.39. The molecule has 1 atom stereocenters. The number of aliphatic hydroxyl groups is 1. The number of nitrogens with zero attached hydrogens (tertiary/aromatic N) is 1. The molecule has 0 aliphatic carbocycles. The second-order valence-electron chi connectivity index (χ2n) is 5.66. The number of amides is 1. The fourth-order valence-electron chi connectivity index (χ4n) is 2.58. The molecule has 1 aliphatic rings. The van der Waals surface area contributed by atoms with Crippen molar-refractivity contribution in [1.29, 1.82) is 0 Å². The lowest BCUT2D eigenvalue weighted by atomic mass is 9.95. The van der Waals surface area contributed by atoms with Crippen LogP contribution < -0.4 is 4.74 Å². The van der Waals surface area contributed by atoms with Crippen LogP contribution in [-0.2, 0) is 4.79 Å². The second-order valence-corrected chi connectivity index (χ2v) is 5.66. The molecule has 0 aromatic heterocycles. The number of piperidine rings is 1. The zero-order valence-electron chi connectivity index (χ0n) is 12.7. The lowest BCUT2D eigenvalue weighted by Crippen LogP contribution is -2.48. The molecule has 0 spiro atoms. The molecular formula is C17H23NO3. The van der Waals surface area contributed by atoms with E-state index in [1.165, 1.54) is 0 Å². The molecule has 0 bridgehead atoms. The molecule has 1 aromatic rings. The minimum atomic E-state index is -0.773. The Morgan fingerprint density at radius 2 is 2.24 bits per heavy atom. The third-order valence-electron chi connectivity index (χ3n) is 3.61. The number of β-amino-alcohol motifs (C(OH)–C–C–N with tert-alkyl or cyclic N) is 1. The fourth-order valence-corrected chi connectivity index (χ4v) is 2.58. The first-order valence-corrected chi connectivity index (χ1v) is 7.43. The summed E-state index contributed by atoms with van der Waals surface area (Å²) in [5, 5.41) is 10.1. The molecule has 1 N–H and O–H groups in total. The number of ether oxygens (including phenoxy) is 1. The van der Waals surface area contributed by atoms with Gasteiger partial charge in [-0.2, -0.15) is 0 Å². The molecule has 114 valence electrons. The van der Waals surface area contributed by atoms with Crippen LogP contribution in [0, 0.1) is 0 Å². The maximum absolute atomic E-state index is 12.2. The van der Waals surface area contributed by atoms with Crippen LogP contribution >= 0.6 is 0 Å². The smallest absolute Gasteiger partial charge is 0.246 e. The molecule has 21 heavy (non-hydrogen) atoms. The van der Waals surface area contributed by atoms with Crippen LogP contribution in [0.3, 0.4) is 0 Å². The van der Waals surface area contributed by atoms with Crippen LogP contribution in [0.5, 0.6) is 5.75 Å². The van der Waals surface area contributed by atoms with Gasteiger partial charge < -0.3 is 14.7 Å². The van der Waals surface area contributed by atoms with Crippen molar-refractivity contribution >= 4 is 12.0 Å². The van der Waals surface area contributed by atoms with Crippen molar-refractivity contribution in [2.75, 3.05) is 19.7 Å². The quantitative estimate of drug-likeness (QED) is 0.866. The highest BCUT2D eigenvalue weighted by Gasteiger charge is 2.29. The Kier molecular flexibility index (Phi) is 5.02. The summed E-state index contributed by atoms with van der Waals surface area (Å²) in [5.74, 6) is 0.705. The molecule has 1 saturated heterocycles. The molecule has 1 amide bonds. The molecule has 1 fully saturated rings. The minimum absolute atomic E-state index is 0.0683. The zero-order chi connectivity index (χ0) is 15.3. The average Bonchev–Trinajstić information content (AvgIpc) is 2.45. The summed E-state index contributed by atoms with van der Waals surface area (Å²) in [6, 6.07) is 7.63. The maximum atomic E-state index is 12.2. The first-order valence-electron chi connectivity index (χ1n) is 7.43. The number of likely N-dealkylation sites (tertiary alicyclic amines) is 1. The van der Waals surface area contributed by atoms with Crippen molar-refractivity contribution in [2.45, 2.75) is 32.3 Å². The Morgan fingerprint density at radius 3 is 2.95 bits per heavy atom. The van der Waals surface area contributed by atoms with Crippen molar-refractivity contribution in [3.8, 4) is 5.75 Å². The molecule has 1 unspecified atom stereocenters. The van der Waals surface area contributed by atoms with Crippen molar-refractivity contribution in [1.82, 2.24) is 4.90 Å². The summed E-state index contributed by atoms with van der Waals surface area (Å²) in [4.78, 5) is 13.9. The first kappa shape index (κ1) is 15.6. The van der Waals surface area contributed by atoms with Gasteiger partial charge >= 0.3 is 0 Å². The highest BCUT2D eigenvalue weighted by Crippen LogP contribution is 2.22. The summed E-state index contributed by atoms with van der Waals surface area (Å²) in [6.07, 6.45) is 4.91. The molecular weight excluding hydrogens is 266 g/mol. The van der Waals surface area contributed by atoms with Crippen LogP contribution in [0.1, 0.15) is 32.3 Å². The van der Waals surface area contributed by atoms with Gasteiger partial charge in [0.2, 0.25) is 5.91 Å². The van der Waals surface area contributed by atoms with E-state index in [9.17, 15) is 9.90 Å². The van der Waals surface area contributed by atoms with Gasteiger partial charge in [-0.1, -0.05) is 18.2 Å². The molecule has 4 heteroatoms. The van der Waals surface area contributed by atoms with Crippen LogP contribution in [-0.4, -0.2) is 41.2 Å². The van der Waals surface area contributed by atoms with E-state index in [0.29, 0.717) is 19.7 Å². The molecule has 0 saturated carbocycles. The topological polar surface area (TPSA) is 49.8 Å². The molecule has 4 nitrogen and oxygen atoms in total. The number of carbonyl (C=O) groups is 1. The van der Waals surface area contributed by atoms with E-state index >= 15 is 0 Å². The second kappa shape index (κ2) is 6.76. The highest BCUT2D eigenvalue weighted by molar-refractivity contribution is 5.92. The number of hydrogen-bond donors (Lipinski definition) is 1. The normalized spacial score (nSPS) is 22.5. The summed E-state index contributed by atoms with van der Waals surface area (Å²) >= 11 is 0. The third-order valence-corrected chi connectivity index (χ3v) is 3.61. The lowest BCUT2D eigenvalue weighted by Gasteiger charge is -2.36. The Balaban J connectivity index is 2.05. The molecule has 0 radical (unpaired) electrons. The fraction of sp³-hybridized carbons (Fsp3) is 0.471. The average molecular weight is 289 g/mol. The van der Waals surface area contributed by atoms with E-state index in [1.807, 2.05) is 31.2 Å². The van der Waals surface area contributed by atoms with E-state index in [0.717, 1.165) is 24.2 Å². The van der Waals surface area contributed by atoms with Crippen LogP contribution in [0.25, 0.3) is 6.08 Å². The Labute approximate surface area is 126 Å². The Morgan fingerprint density at radius 1 is 1.48 bits per heavy atom. The van der Waals surface area contributed by atoms with Crippen molar-refractivity contribution in [2.24, 2.45) is 0 Å². The monoisotopic (exact) mass is 289 g/mol. The number of benzene rings is 1. The van der Waals surface area contributed by atoms with E-state index < -0.39 is 5.60 Å². The van der Waals surface area contributed by atoms with Crippen molar-refractivity contribution in [3.63, 3.8) is 0 Å². The molecule has 1 aromatic carbocycles. The Bertz CT molecular complexity index is 523. The van der Waals surface area contributed by atoms with Crippen molar-refractivity contribution < 1.29 is 14.6 Å². The Hall–Kier alpha value is -1.81. The van der Waals surface area contributed by atoms with Crippen molar-refractivity contribution in [3.05, 3.63) is 35.9 Å².